The van der Waals surface area contributed by atoms with Crippen LogP contribution in [-0.4, -0.2) is 89.9 Å². The molecule has 3 rings (SSSR count). The molecular formula is C43H60N6O10. The van der Waals surface area contributed by atoms with Crippen LogP contribution in [0.3, 0.4) is 0 Å². The molecule has 16 nitrogen and oxygen atoms in total. The summed E-state index contributed by atoms with van der Waals surface area (Å²) in [5, 5.41) is 10.7. The first-order valence-corrected chi connectivity index (χ1v) is 19.9. The second-order valence-corrected chi connectivity index (χ2v) is 16.1. The van der Waals surface area contributed by atoms with Crippen molar-refractivity contribution in [3.8, 4) is 5.75 Å². The maximum Gasteiger partial charge on any atom is 0.312 e. The molecule has 1 unspecified atom stereocenters. The quantitative estimate of drug-likeness (QED) is 0.0654. The van der Waals surface area contributed by atoms with Gasteiger partial charge in [-0.25, -0.2) is 4.79 Å². The summed E-state index contributed by atoms with van der Waals surface area (Å²) in [4.78, 5) is 91.6. The molecule has 0 radical (unpaired) electrons. The minimum atomic E-state index is -1.31. The molecule has 2 aromatic carbocycles. The van der Waals surface area contributed by atoms with Gasteiger partial charge in [0.15, 0.2) is 0 Å². The Morgan fingerprint density at radius 3 is 1.95 bits per heavy atom. The van der Waals surface area contributed by atoms with Gasteiger partial charge in [-0.15, -0.1) is 0 Å². The predicted molar refractivity (Wildman–Crippen MR) is 221 cm³/mol. The lowest BCUT2D eigenvalue weighted by Gasteiger charge is -2.30. The number of rotatable bonds is 22. The number of urea groups is 1. The van der Waals surface area contributed by atoms with Crippen LogP contribution in [-0.2, 0) is 51.3 Å². The van der Waals surface area contributed by atoms with Gasteiger partial charge in [0, 0.05) is 37.2 Å². The highest BCUT2D eigenvalue weighted by molar-refractivity contribution is 6.15. The number of amides is 7. The highest BCUT2D eigenvalue weighted by atomic mass is 16.5. The molecule has 6 N–H and O–H groups in total. The Bertz CT molecular complexity index is 1790. The summed E-state index contributed by atoms with van der Waals surface area (Å²) in [5.41, 5.74) is 6.28. The maximum absolute atomic E-state index is 14.0. The Balaban J connectivity index is 1.75. The molecule has 0 aromatic heterocycles. The number of hydrogen-bond acceptors (Lipinski definition) is 10. The van der Waals surface area contributed by atoms with Crippen molar-refractivity contribution < 1.29 is 47.8 Å². The van der Waals surface area contributed by atoms with Crippen LogP contribution >= 0.6 is 0 Å². The van der Waals surface area contributed by atoms with Gasteiger partial charge in [-0.2, -0.15) is 0 Å². The number of primary amides is 1. The lowest BCUT2D eigenvalue weighted by Crippen LogP contribution is -2.59. The molecule has 1 aliphatic heterocycles. The van der Waals surface area contributed by atoms with Crippen molar-refractivity contribution >= 4 is 47.2 Å². The zero-order valence-corrected chi connectivity index (χ0v) is 35.3. The van der Waals surface area contributed by atoms with E-state index in [9.17, 15) is 33.6 Å². The Hall–Kier alpha value is -5.77. The Labute approximate surface area is 346 Å². The van der Waals surface area contributed by atoms with E-state index in [-0.39, 0.29) is 50.6 Å². The van der Waals surface area contributed by atoms with Gasteiger partial charge in [0.2, 0.25) is 17.7 Å². The third kappa shape index (κ3) is 15.8. The second-order valence-electron chi connectivity index (χ2n) is 16.1. The summed E-state index contributed by atoms with van der Waals surface area (Å²) >= 11 is 0. The van der Waals surface area contributed by atoms with Crippen molar-refractivity contribution in [1.29, 1.82) is 0 Å². The molecule has 0 spiro atoms. The van der Waals surface area contributed by atoms with Gasteiger partial charge in [-0.05, 0) is 95.7 Å². The predicted octanol–water partition coefficient (Wildman–Crippen LogP) is 3.91. The van der Waals surface area contributed by atoms with E-state index in [2.05, 4.69) is 21.3 Å². The second kappa shape index (κ2) is 22.4. The molecule has 1 heterocycles. The Morgan fingerprint density at radius 2 is 1.39 bits per heavy atom. The number of ether oxygens (including phenoxy) is 3. The zero-order chi connectivity index (χ0) is 43.9. The van der Waals surface area contributed by atoms with Gasteiger partial charge in [0.05, 0.1) is 24.2 Å². The fourth-order valence-corrected chi connectivity index (χ4v) is 5.82. The number of hydrogen-bond donors (Lipinski definition) is 5. The number of nitrogens with two attached hydrogens (primary N) is 1. The molecule has 0 fully saturated rings. The lowest BCUT2D eigenvalue weighted by molar-refractivity contribution is -0.154. The van der Waals surface area contributed by atoms with Crippen LogP contribution in [0.25, 0.3) is 0 Å². The number of imide groups is 1. The van der Waals surface area contributed by atoms with Crippen molar-refractivity contribution in [2.45, 2.75) is 118 Å². The number of carbonyl (C=O) groups is 7. The van der Waals surface area contributed by atoms with Gasteiger partial charge in [-0.1, -0.05) is 38.1 Å². The number of carbonyl (C=O) groups excluding carboxylic acids is 7. The van der Waals surface area contributed by atoms with E-state index in [0.717, 1.165) is 17.1 Å². The monoisotopic (exact) mass is 820 g/mol. The average molecular weight is 821 g/mol. The number of nitrogens with one attached hydrogen (secondary N) is 4. The molecule has 1 aliphatic rings. The third-order valence-electron chi connectivity index (χ3n) is 9.18. The molecule has 16 heteroatoms. The molecule has 322 valence electrons. The molecular weight excluding hydrogens is 761 g/mol. The van der Waals surface area contributed by atoms with E-state index in [1.54, 1.807) is 83.1 Å². The van der Waals surface area contributed by atoms with Crippen molar-refractivity contribution in [3.63, 3.8) is 0 Å². The van der Waals surface area contributed by atoms with E-state index >= 15 is 0 Å². The lowest BCUT2D eigenvalue weighted by atomic mass is 9.97. The van der Waals surface area contributed by atoms with Crippen molar-refractivity contribution in [3.05, 3.63) is 71.8 Å². The third-order valence-corrected chi connectivity index (χ3v) is 9.18. The van der Waals surface area contributed by atoms with Gasteiger partial charge < -0.3 is 41.2 Å². The molecule has 59 heavy (non-hydrogen) atoms. The van der Waals surface area contributed by atoms with Crippen LogP contribution < -0.4 is 31.7 Å². The van der Waals surface area contributed by atoms with Crippen LogP contribution in [0.5, 0.6) is 5.75 Å². The molecule has 4 atom stereocenters. The summed E-state index contributed by atoms with van der Waals surface area (Å²) in [6, 6.07) is 9.25. The molecule has 0 saturated heterocycles. The topological polar surface area (TPSA) is 225 Å². The van der Waals surface area contributed by atoms with E-state index < -0.39 is 65.0 Å². The number of benzene rings is 2. The van der Waals surface area contributed by atoms with Gasteiger partial charge in [0.25, 0.3) is 11.8 Å². The van der Waals surface area contributed by atoms with Crippen LogP contribution in [0.2, 0.25) is 0 Å². The van der Waals surface area contributed by atoms with E-state index in [1.807, 2.05) is 20.8 Å². The minimum Gasteiger partial charge on any atom is -0.491 e. The molecule has 2 aromatic rings. The summed E-state index contributed by atoms with van der Waals surface area (Å²) < 4.78 is 17.0. The van der Waals surface area contributed by atoms with Gasteiger partial charge in [0.1, 0.15) is 30.5 Å². The highest BCUT2D eigenvalue weighted by Crippen LogP contribution is 2.21. The number of anilines is 1. The standard InChI is InChI=1S/C43H60N6O10/c1-26(2)37(40(54)47-33(10-9-22-45-42(44)56)38(52)46-31-15-11-30(12-16-31)25-58-41(55)43(6,7)8)48-39(53)34(49-35(50)19-20-36(49)51)24-29-13-17-32(18-14-29)59-28(5)21-23-57-27(3)4/h11-20,26-28,33-34,37H,9-10,21-25H2,1-8H3,(H,46,52)(H,47,54)(H,48,53)(H3,44,45,56)/t28?,33-,34-,37-/m0/s1. The SMILES string of the molecule is CC(C)OCCC(C)Oc1ccc(C[C@@H](C(=O)N[C@H](C(=O)N[C@@H](CCCNC(N)=O)C(=O)Nc2ccc(COC(=O)C(C)(C)C)cc2)C(C)C)N2C(=O)C=CC2=O)cc1. The summed E-state index contributed by atoms with van der Waals surface area (Å²) in [5.74, 6) is -3.59. The highest BCUT2D eigenvalue weighted by Gasteiger charge is 2.38. The smallest absolute Gasteiger partial charge is 0.312 e. The van der Waals surface area contributed by atoms with Gasteiger partial charge in [-0.3, -0.25) is 33.7 Å². The Morgan fingerprint density at radius 1 is 0.780 bits per heavy atom. The minimum absolute atomic E-state index is 0.0471. The molecule has 0 bridgehead atoms. The maximum atomic E-state index is 14.0. The number of esters is 1. The molecule has 0 aliphatic carbocycles. The summed E-state index contributed by atoms with van der Waals surface area (Å²) in [6.45, 7) is 15.2. The van der Waals surface area contributed by atoms with Crippen LogP contribution in [0.4, 0.5) is 10.5 Å². The van der Waals surface area contributed by atoms with Crippen LogP contribution in [0.15, 0.2) is 60.7 Å². The molecule has 0 saturated carbocycles. The Kier molecular flexibility index (Phi) is 18.1. The fourth-order valence-electron chi connectivity index (χ4n) is 5.82. The first-order chi connectivity index (χ1) is 27.7. The average Bonchev–Trinajstić information content (AvgIpc) is 3.49. The van der Waals surface area contributed by atoms with Crippen LogP contribution in [0.1, 0.15) is 85.8 Å². The fraction of sp³-hybridized carbons (Fsp3) is 0.512. The first kappa shape index (κ1) is 47.6. The number of nitrogens with zero attached hydrogens (tertiary/aromatic N) is 1. The summed E-state index contributed by atoms with van der Waals surface area (Å²) in [6.07, 6.45) is 3.16. The largest absolute Gasteiger partial charge is 0.491 e. The van der Waals surface area contributed by atoms with E-state index in [0.29, 0.717) is 35.6 Å². The van der Waals surface area contributed by atoms with E-state index in [4.69, 9.17) is 19.9 Å². The zero-order valence-electron chi connectivity index (χ0n) is 35.3. The van der Waals surface area contributed by atoms with E-state index in [1.165, 1.54) is 0 Å². The van der Waals surface area contributed by atoms with Crippen LogP contribution in [0, 0.1) is 11.3 Å². The molecule has 7 amide bonds. The van der Waals surface area contributed by atoms with Crippen molar-refractivity contribution in [2.75, 3.05) is 18.5 Å². The van der Waals surface area contributed by atoms with Crippen molar-refractivity contribution in [1.82, 2.24) is 20.9 Å². The van der Waals surface area contributed by atoms with Gasteiger partial charge >= 0.3 is 12.0 Å². The van der Waals surface area contributed by atoms with Crippen molar-refractivity contribution in [2.24, 2.45) is 17.1 Å². The summed E-state index contributed by atoms with van der Waals surface area (Å²) in [7, 11) is 0. The first-order valence-electron chi connectivity index (χ1n) is 19.9. The normalized spacial score (nSPS) is 14.7.